The molecule has 148 valence electrons. The third kappa shape index (κ3) is 4.86. The lowest BCUT2D eigenvalue weighted by molar-refractivity contribution is 0.0992. The smallest absolute Gasteiger partial charge is 0.276 e. The molecule has 4 nitrogen and oxygen atoms in total. The highest BCUT2D eigenvalue weighted by molar-refractivity contribution is 6.07. The van der Waals surface area contributed by atoms with E-state index in [1.807, 2.05) is 103 Å². The Morgan fingerprint density at radius 3 is 1.90 bits per heavy atom. The van der Waals surface area contributed by atoms with Crippen LogP contribution >= 0.6 is 0 Å². The van der Waals surface area contributed by atoms with Crippen LogP contribution in [0.4, 0.5) is 11.4 Å². The zero-order valence-electron chi connectivity index (χ0n) is 16.4. The Balaban J connectivity index is 1.51. The van der Waals surface area contributed by atoms with Gasteiger partial charge in [0.2, 0.25) is 0 Å². The highest BCUT2D eigenvalue weighted by Gasteiger charge is 2.18. The zero-order chi connectivity index (χ0) is 20.6. The number of para-hydroxylation sites is 2. The van der Waals surface area contributed by atoms with Crippen LogP contribution in [0, 0.1) is 0 Å². The van der Waals surface area contributed by atoms with Crippen molar-refractivity contribution in [2.75, 3.05) is 10.4 Å². The Kier molecular flexibility index (Phi) is 6.06. The van der Waals surface area contributed by atoms with Crippen LogP contribution in [0.15, 0.2) is 115 Å². The van der Waals surface area contributed by atoms with Gasteiger partial charge in [0, 0.05) is 5.56 Å². The van der Waals surface area contributed by atoms with Crippen LogP contribution in [0.25, 0.3) is 0 Å². The molecular weight excluding hydrogens is 372 g/mol. The predicted octanol–water partition coefficient (Wildman–Crippen LogP) is 5.94. The molecule has 4 rings (SSSR count). The molecule has 0 spiro atoms. The van der Waals surface area contributed by atoms with Gasteiger partial charge in [0.05, 0.1) is 11.4 Å². The second kappa shape index (κ2) is 9.43. The number of nitrogens with zero attached hydrogens (tertiary/aromatic N) is 1. The van der Waals surface area contributed by atoms with Gasteiger partial charge in [-0.15, -0.1) is 0 Å². The third-order valence-corrected chi connectivity index (χ3v) is 4.58. The maximum Gasteiger partial charge on any atom is 0.276 e. The van der Waals surface area contributed by atoms with E-state index in [9.17, 15) is 4.79 Å². The number of carbonyl (C=O) groups is 1. The van der Waals surface area contributed by atoms with Crippen molar-refractivity contribution in [3.63, 3.8) is 0 Å². The molecule has 0 unspecified atom stereocenters. The average Bonchev–Trinajstić information content (AvgIpc) is 2.83. The van der Waals surface area contributed by atoms with Gasteiger partial charge in [-0.25, -0.2) is 5.01 Å². The SMILES string of the molecule is O=C(c1ccc(OCc2ccccc2)cc1)N(Nc1ccccc1)c1ccccc1. The van der Waals surface area contributed by atoms with Crippen molar-refractivity contribution in [3.8, 4) is 5.75 Å². The van der Waals surface area contributed by atoms with Crippen LogP contribution < -0.4 is 15.2 Å². The summed E-state index contributed by atoms with van der Waals surface area (Å²) in [5.41, 5.74) is 6.46. The summed E-state index contributed by atoms with van der Waals surface area (Å²) in [5, 5.41) is 1.55. The van der Waals surface area contributed by atoms with Gasteiger partial charge in [0.15, 0.2) is 0 Å². The van der Waals surface area contributed by atoms with Crippen LogP contribution in [-0.4, -0.2) is 5.91 Å². The van der Waals surface area contributed by atoms with Gasteiger partial charge in [0.25, 0.3) is 5.91 Å². The summed E-state index contributed by atoms with van der Waals surface area (Å²) in [4.78, 5) is 13.3. The van der Waals surface area contributed by atoms with Crippen LogP contribution in [0.5, 0.6) is 5.75 Å². The first-order valence-corrected chi connectivity index (χ1v) is 9.77. The lowest BCUT2D eigenvalue weighted by Gasteiger charge is -2.24. The first kappa shape index (κ1) is 19.3. The van der Waals surface area contributed by atoms with Crippen LogP contribution in [0.2, 0.25) is 0 Å². The Morgan fingerprint density at radius 2 is 1.27 bits per heavy atom. The highest BCUT2D eigenvalue weighted by Crippen LogP contribution is 2.21. The number of hydrogen-bond donors (Lipinski definition) is 1. The van der Waals surface area contributed by atoms with Crippen molar-refractivity contribution in [1.29, 1.82) is 0 Å². The van der Waals surface area contributed by atoms with E-state index < -0.39 is 0 Å². The number of amides is 1. The molecule has 30 heavy (non-hydrogen) atoms. The lowest BCUT2D eigenvalue weighted by atomic mass is 10.2. The summed E-state index contributed by atoms with van der Waals surface area (Å²) in [6, 6.07) is 36.3. The molecule has 0 aliphatic carbocycles. The number of anilines is 2. The third-order valence-electron chi connectivity index (χ3n) is 4.58. The molecule has 0 aromatic heterocycles. The van der Waals surface area contributed by atoms with E-state index in [2.05, 4.69) is 5.43 Å². The molecule has 0 fully saturated rings. The van der Waals surface area contributed by atoms with Crippen LogP contribution in [0.1, 0.15) is 15.9 Å². The van der Waals surface area contributed by atoms with Crippen LogP contribution in [0.3, 0.4) is 0 Å². The fourth-order valence-electron chi connectivity index (χ4n) is 3.02. The average molecular weight is 394 g/mol. The van der Waals surface area contributed by atoms with E-state index in [1.165, 1.54) is 0 Å². The molecule has 4 aromatic rings. The van der Waals surface area contributed by atoms with Crippen molar-refractivity contribution in [2.45, 2.75) is 6.61 Å². The van der Waals surface area contributed by atoms with Crippen molar-refractivity contribution in [1.82, 2.24) is 0 Å². The highest BCUT2D eigenvalue weighted by atomic mass is 16.5. The minimum Gasteiger partial charge on any atom is -0.489 e. The number of hydrazine groups is 1. The first-order chi connectivity index (χ1) is 14.8. The molecule has 4 heteroatoms. The molecule has 0 aliphatic rings. The number of nitrogens with one attached hydrogen (secondary N) is 1. The second-order valence-corrected chi connectivity index (χ2v) is 6.75. The number of ether oxygens (including phenoxy) is 1. The van der Waals surface area contributed by atoms with Gasteiger partial charge in [0.1, 0.15) is 12.4 Å². The summed E-state index contributed by atoms with van der Waals surface area (Å²) in [6.07, 6.45) is 0. The second-order valence-electron chi connectivity index (χ2n) is 6.75. The summed E-state index contributed by atoms with van der Waals surface area (Å²) < 4.78 is 5.83. The van der Waals surface area contributed by atoms with Crippen LogP contribution in [-0.2, 0) is 6.61 Å². The Morgan fingerprint density at radius 1 is 0.700 bits per heavy atom. The van der Waals surface area contributed by atoms with E-state index in [-0.39, 0.29) is 5.91 Å². The molecule has 0 saturated carbocycles. The van der Waals surface area contributed by atoms with Gasteiger partial charge < -0.3 is 4.74 Å². The fraction of sp³-hybridized carbons (Fsp3) is 0.0385. The maximum absolute atomic E-state index is 13.3. The molecular formula is C26H22N2O2. The van der Waals surface area contributed by atoms with Gasteiger partial charge in [-0.3, -0.25) is 10.2 Å². The first-order valence-electron chi connectivity index (χ1n) is 9.77. The molecule has 0 aliphatic heterocycles. The van der Waals surface area contributed by atoms with Crippen molar-refractivity contribution in [2.24, 2.45) is 0 Å². The molecule has 1 amide bonds. The normalized spacial score (nSPS) is 10.3. The van der Waals surface area contributed by atoms with Gasteiger partial charge in [-0.1, -0.05) is 66.7 Å². The Hall–Kier alpha value is -4.05. The monoisotopic (exact) mass is 394 g/mol. The summed E-state index contributed by atoms with van der Waals surface area (Å²) in [6.45, 7) is 0.486. The maximum atomic E-state index is 13.3. The number of carbonyl (C=O) groups excluding carboxylic acids is 1. The Labute approximate surface area is 176 Å². The summed E-state index contributed by atoms with van der Waals surface area (Å²) in [5.74, 6) is 0.567. The van der Waals surface area contributed by atoms with E-state index in [1.54, 1.807) is 17.1 Å². The minimum atomic E-state index is -0.153. The number of rotatable bonds is 7. The van der Waals surface area contributed by atoms with Gasteiger partial charge in [-0.2, -0.15) is 0 Å². The summed E-state index contributed by atoms with van der Waals surface area (Å²) >= 11 is 0. The molecule has 0 atom stereocenters. The zero-order valence-corrected chi connectivity index (χ0v) is 16.4. The Bertz CT molecular complexity index is 1070. The quantitative estimate of drug-likeness (QED) is 0.395. The molecule has 0 heterocycles. The fourth-order valence-corrected chi connectivity index (χ4v) is 3.02. The lowest BCUT2D eigenvalue weighted by Crippen LogP contribution is -2.36. The molecule has 1 N–H and O–H groups in total. The van der Waals surface area contributed by atoms with Crippen molar-refractivity contribution >= 4 is 17.3 Å². The van der Waals surface area contributed by atoms with E-state index in [0.717, 1.165) is 22.7 Å². The molecule has 0 radical (unpaired) electrons. The van der Waals surface area contributed by atoms with E-state index in [0.29, 0.717) is 12.2 Å². The minimum absolute atomic E-state index is 0.153. The van der Waals surface area contributed by atoms with Crippen molar-refractivity contribution in [3.05, 3.63) is 126 Å². The largest absolute Gasteiger partial charge is 0.489 e. The van der Waals surface area contributed by atoms with E-state index in [4.69, 9.17) is 4.74 Å². The predicted molar refractivity (Wildman–Crippen MR) is 121 cm³/mol. The van der Waals surface area contributed by atoms with Crippen molar-refractivity contribution < 1.29 is 9.53 Å². The molecule has 0 bridgehead atoms. The van der Waals surface area contributed by atoms with E-state index >= 15 is 0 Å². The topological polar surface area (TPSA) is 41.6 Å². The molecule has 0 saturated heterocycles. The number of hydrogen-bond acceptors (Lipinski definition) is 3. The van der Waals surface area contributed by atoms with Gasteiger partial charge >= 0.3 is 0 Å². The molecule has 4 aromatic carbocycles. The summed E-state index contributed by atoms with van der Waals surface area (Å²) in [7, 11) is 0. The van der Waals surface area contributed by atoms with Gasteiger partial charge in [-0.05, 0) is 54.1 Å². The standard InChI is InChI=1S/C26H22N2O2/c29-26(22-16-18-25(19-17-22)30-20-21-10-4-1-5-11-21)28(24-14-8-3-9-15-24)27-23-12-6-2-7-13-23/h1-19,27H,20H2. The number of benzene rings is 4.